The fourth-order valence-electron chi connectivity index (χ4n) is 2.82. The molecule has 0 unspecified atom stereocenters. The van der Waals surface area contributed by atoms with Crippen LogP contribution in [0.25, 0.3) is 10.9 Å². The third-order valence-corrected chi connectivity index (χ3v) is 3.93. The number of hydrogen-bond donors (Lipinski definition) is 4. The van der Waals surface area contributed by atoms with Gasteiger partial charge in [0.05, 0.1) is 12.2 Å². The molecule has 5 nitrogen and oxygen atoms in total. The molecule has 5 heteroatoms. The van der Waals surface area contributed by atoms with E-state index >= 15 is 0 Å². The monoisotopic (exact) mass is 308 g/mol. The Bertz CT molecular complexity index is 824. The van der Waals surface area contributed by atoms with Crippen molar-refractivity contribution in [3.05, 3.63) is 65.2 Å². The van der Waals surface area contributed by atoms with Gasteiger partial charge in [0.1, 0.15) is 5.82 Å². The molecule has 6 N–H and O–H groups in total. The molecule has 3 aromatic rings. The molecular weight excluding hydrogens is 288 g/mol. The molecule has 1 aromatic heterocycles. The summed E-state index contributed by atoms with van der Waals surface area (Å²) >= 11 is 0. The van der Waals surface area contributed by atoms with Crippen LogP contribution in [-0.2, 0) is 12.8 Å². The van der Waals surface area contributed by atoms with Crippen molar-refractivity contribution in [3.8, 4) is 0 Å². The third-order valence-electron chi connectivity index (χ3n) is 3.93. The fourth-order valence-corrected chi connectivity index (χ4v) is 2.82. The van der Waals surface area contributed by atoms with Crippen LogP contribution in [0.5, 0.6) is 0 Å². The largest absolute Gasteiger partial charge is 0.365 e. The van der Waals surface area contributed by atoms with E-state index in [1.807, 2.05) is 30.3 Å². The smallest absolute Gasteiger partial charge is 0.253 e. The first-order valence-electron chi connectivity index (χ1n) is 7.61. The average molecular weight is 308 g/mol. The van der Waals surface area contributed by atoms with Crippen LogP contribution < -0.4 is 16.8 Å². The SMILES string of the molecule is NCNc1[nH]c2cc(CCc3ccccc3)ccc2c1C(N)=O. The van der Waals surface area contributed by atoms with Crippen LogP contribution in [0.4, 0.5) is 5.82 Å². The maximum absolute atomic E-state index is 11.7. The normalized spacial score (nSPS) is 10.8. The van der Waals surface area contributed by atoms with Crippen molar-refractivity contribution in [1.82, 2.24) is 4.98 Å². The first-order valence-corrected chi connectivity index (χ1v) is 7.61. The van der Waals surface area contributed by atoms with E-state index in [-0.39, 0.29) is 6.67 Å². The fraction of sp³-hybridized carbons (Fsp3) is 0.167. The second-order valence-corrected chi connectivity index (χ2v) is 5.49. The number of nitrogens with one attached hydrogen (secondary N) is 2. The Kier molecular flexibility index (Phi) is 4.30. The van der Waals surface area contributed by atoms with E-state index in [0.29, 0.717) is 11.4 Å². The number of benzene rings is 2. The molecule has 0 atom stereocenters. The summed E-state index contributed by atoms with van der Waals surface area (Å²) in [5, 5.41) is 3.76. The molecule has 0 aliphatic carbocycles. The summed E-state index contributed by atoms with van der Waals surface area (Å²) in [6, 6.07) is 16.4. The van der Waals surface area contributed by atoms with Crippen molar-refractivity contribution in [3.63, 3.8) is 0 Å². The molecule has 0 saturated carbocycles. The number of fused-ring (bicyclic) bond motifs is 1. The van der Waals surface area contributed by atoms with Gasteiger partial charge in [-0.1, -0.05) is 42.5 Å². The van der Waals surface area contributed by atoms with Crippen molar-refractivity contribution in [2.75, 3.05) is 12.0 Å². The molecule has 0 aliphatic rings. The van der Waals surface area contributed by atoms with E-state index in [9.17, 15) is 4.79 Å². The molecule has 0 fully saturated rings. The minimum Gasteiger partial charge on any atom is -0.365 e. The highest BCUT2D eigenvalue weighted by molar-refractivity contribution is 6.11. The van der Waals surface area contributed by atoms with Crippen LogP contribution in [0.15, 0.2) is 48.5 Å². The Hall–Kier alpha value is -2.79. The lowest BCUT2D eigenvalue weighted by atomic mass is 10.0. The summed E-state index contributed by atoms with van der Waals surface area (Å²) < 4.78 is 0. The van der Waals surface area contributed by atoms with Gasteiger partial charge in [0.15, 0.2) is 0 Å². The zero-order chi connectivity index (χ0) is 16.2. The number of H-pyrrole nitrogens is 1. The van der Waals surface area contributed by atoms with Gasteiger partial charge in [-0.05, 0) is 30.0 Å². The molecule has 2 aromatic carbocycles. The van der Waals surface area contributed by atoms with Gasteiger partial charge in [0.25, 0.3) is 5.91 Å². The maximum Gasteiger partial charge on any atom is 0.253 e. The molecule has 3 rings (SSSR count). The molecule has 0 radical (unpaired) electrons. The number of aromatic amines is 1. The summed E-state index contributed by atoms with van der Waals surface area (Å²) in [4.78, 5) is 14.9. The summed E-state index contributed by atoms with van der Waals surface area (Å²) in [5.74, 6) is 0.111. The lowest BCUT2D eigenvalue weighted by molar-refractivity contribution is 0.100. The molecule has 1 heterocycles. The topological polar surface area (TPSA) is 96.9 Å². The van der Waals surface area contributed by atoms with Crippen molar-refractivity contribution >= 4 is 22.6 Å². The number of hydrogen-bond acceptors (Lipinski definition) is 3. The van der Waals surface area contributed by atoms with Crippen molar-refractivity contribution in [2.45, 2.75) is 12.8 Å². The van der Waals surface area contributed by atoms with E-state index in [2.05, 4.69) is 28.5 Å². The highest BCUT2D eigenvalue weighted by Crippen LogP contribution is 2.27. The van der Waals surface area contributed by atoms with Crippen LogP contribution in [0.3, 0.4) is 0 Å². The van der Waals surface area contributed by atoms with E-state index < -0.39 is 5.91 Å². The Morgan fingerprint density at radius 1 is 1.04 bits per heavy atom. The first kappa shape index (κ1) is 15.1. The van der Waals surface area contributed by atoms with Gasteiger partial charge < -0.3 is 21.8 Å². The van der Waals surface area contributed by atoms with Gasteiger partial charge in [-0.15, -0.1) is 0 Å². The number of aromatic nitrogens is 1. The summed E-state index contributed by atoms with van der Waals surface area (Å²) in [5.41, 5.74) is 14.9. The second-order valence-electron chi connectivity index (χ2n) is 5.49. The van der Waals surface area contributed by atoms with Gasteiger partial charge in [-0.25, -0.2) is 0 Å². The first-order chi connectivity index (χ1) is 11.2. The Morgan fingerprint density at radius 2 is 1.78 bits per heavy atom. The second kappa shape index (κ2) is 6.54. The summed E-state index contributed by atoms with van der Waals surface area (Å²) in [7, 11) is 0. The highest BCUT2D eigenvalue weighted by Gasteiger charge is 2.16. The number of amides is 1. The van der Waals surface area contributed by atoms with Crippen LogP contribution in [0, 0.1) is 0 Å². The van der Waals surface area contributed by atoms with E-state index in [1.54, 1.807) is 0 Å². The van der Waals surface area contributed by atoms with E-state index in [4.69, 9.17) is 11.5 Å². The minimum atomic E-state index is -0.468. The zero-order valence-electron chi connectivity index (χ0n) is 12.8. The van der Waals surface area contributed by atoms with Crippen molar-refractivity contribution in [1.29, 1.82) is 0 Å². The quantitative estimate of drug-likeness (QED) is 0.526. The van der Waals surface area contributed by atoms with Crippen molar-refractivity contribution in [2.24, 2.45) is 11.5 Å². The van der Waals surface area contributed by atoms with Gasteiger partial charge >= 0.3 is 0 Å². The van der Waals surface area contributed by atoms with Gasteiger partial charge in [-0.2, -0.15) is 0 Å². The lowest BCUT2D eigenvalue weighted by Crippen LogP contribution is -2.17. The molecule has 0 bridgehead atoms. The molecule has 0 saturated heterocycles. The van der Waals surface area contributed by atoms with Crippen LogP contribution in [0.2, 0.25) is 0 Å². The Balaban J connectivity index is 1.88. The van der Waals surface area contributed by atoms with E-state index in [0.717, 1.165) is 23.7 Å². The van der Waals surface area contributed by atoms with Crippen LogP contribution >= 0.6 is 0 Å². The molecule has 118 valence electrons. The lowest BCUT2D eigenvalue weighted by Gasteiger charge is -2.03. The molecule has 0 aliphatic heterocycles. The number of primary amides is 1. The highest BCUT2D eigenvalue weighted by atomic mass is 16.1. The van der Waals surface area contributed by atoms with Gasteiger partial charge in [0.2, 0.25) is 0 Å². The van der Waals surface area contributed by atoms with Gasteiger partial charge in [-0.3, -0.25) is 4.79 Å². The zero-order valence-corrected chi connectivity index (χ0v) is 12.8. The predicted molar refractivity (Wildman–Crippen MR) is 93.3 cm³/mol. The number of anilines is 1. The number of aryl methyl sites for hydroxylation is 2. The number of carbonyl (C=O) groups excluding carboxylic acids is 1. The Morgan fingerprint density at radius 3 is 2.48 bits per heavy atom. The standard InChI is InChI=1S/C18H20N4O/c19-11-21-18-16(17(20)23)14-9-8-13(10-15(14)22-18)7-6-12-4-2-1-3-5-12/h1-5,8-10,21-22H,6-7,11,19H2,(H2,20,23). The average Bonchev–Trinajstić information content (AvgIpc) is 2.91. The van der Waals surface area contributed by atoms with Crippen LogP contribution in [-0.4, -0.2) is 17.6 Å². The molecular formula is C18H20N4O. The molecule has 23 heavy (non-hydrogen) atoms. The number of carbonyl (C=O) groups is 1. The summed E-state index contributed by atoms with van der Waals surface area (Å²) in [6.07, 6.45) is 1.91. The molecule has 1 amide bonds. The number of rotatable bonds is 6. The number of nitrogens with two attached hydrogens (primary N) is 2. The van der Waals surface area contributed by atoms with Crippen LogP contribution in [0.1, 0.15) is 21.5 Å². The van der Waals surface area contributed by atoms with E-state index in [1.165, 1.54) is 11.1 Å². The molecule has 0 spiro atoms. The minimum absolute atomic E-state index is 0.230. The summed E-state index contributed by atoms with van der Waals surface area (Å²) in [6.45, 7) is 0.230. The maximum atomic E-state index is 11.7. The third kappa shape index (κ3) is 3.19. The van der Waals surface area contributed by atoms with Crippen molar-refractivity contribution < 1.29 is 4.79 Å². The van der Waals surface area contributed by atoms with Gasteiger partial charge in [0, 0.05) is 10.9 Å². The predicted octanol–water partition coefficient (Wildman–Crippen LogP) is 2.38. The Labute approximate surface area is 134 Å².